The van der Waals surface area contributed by atoms with Crippen LogP contribution in [0.5, 0.6) is 0 Å². The van der Waals surface area contributed by atoms with Crippen molar-refractivity contribution in [3.8, 4) is 0 Å². The fraction of sp³-hybridized carbons (Fsp3) is 0.571. The number of rotatable bonds is 1. The molecular formula is C14H19N3O. The van der Waals surface area contributed by atoms with E-state index in [1.54, 1.807) is 4.52 Å². The third-order valence-electron chi connectivity index (χ3n) is 3.78. The van der Waals surface area contributed by atoms with E-state index in [-0.39, 0.29) is 5.56 Å². The SMILES string of the molecule is CC(C)c1cc2nc3c(c(=O)n2[nH]1)CCCCC3. The molecule has 0 unspecified atom stereocenters. The smallest absolute Gasteiger partial charge is 0.276 e. The van der Waals surface area contributed by atoms with Crippen molar-refractivity contribution in [2.45, 2.75) is 51.9 Å². The molecule has 4 heteroatoms. The van der Waals surface area contributed by atoms with E-state index in [4.69, 9.17) is 0 Å². The first-order valence-electron chi connectivity index (χ1n) is 6.80. The minimum Gasteiger partial charge on any atom is -0.293 e. The van der Waals surface area contributed by atoms with Gasteiger partial charge in [0.15, 0.2) is 5.65 Å². The van der Waals surface area contributed by atoms with Crippen molar-refractivity contribution in [2.24, 2.45) is 0 Å². The predicted molar refractivity (Wildman–Crippen MR) is 71.2 cm³/mol. The quantitative estimate of drug-likeness (QED) is 0.784. The topological polar surface area (TPSA) is 50.2 Å². The predicted octanol–water partition coefficient (Wildman–Crippen LogP) is 2.41. The maximum atomic E-state index is 12.5. The van der Waals surface area contributed by atoms with Crippen molar-refractivity contribution in [1.82, 2.24) is 14.6 Å². The average molecular weight is 245 g/mol. The van der Waals surface area contributed by atoms with Crippen LogP contribution < -0.4 is 5.56 Å². The Morgan fingerprint density at radius 1 is 1.28 bits per heavy atom. The number of nitrogens with one attached hydrogen (secondary N) is 1. The normalized spacial score (nSPS) is 15.9. The van der Waals surface area contributed by atoms with E-state index in [1.165, 1.54) is 6.42 Å². The van der Waals surface area contributed by atoms with Crippen LogP contribution in [0.4, 0.5) is 0 Å². The summed E-state index contributed by atoms with van der Waals surface area (Å²) in [7, 11) is 0. The number of aryl methyl sites for hydroxylation is 1. The molecular weight excluding hydrogens is 226 g/mol. The Labute approximate surface area is 106 Å². The summed E-state index contributed by atoms with van der Waals surface area (Å²) >= 11 is 0. The number of nitrogens with zero attached hydrogens (tertiary/aromatic N) is 2. The third kappa shape index (κ3) is 1.76. The molecule has 0 saturated heterocycles. The van der Waals surface area contributed by atoms with Gasteiger partial charge in [0, 0.05) is 17.3 Å². The maximum Gasteiger partial charge on any atom is 0.276 e. The minimum atomic E-state index is 0.101. The minimum absolute atomic E-state index is 0.101. The number of aromatic nitrogens is 3. The molecule has 0 amide bonds. The average Bonchev–Trinajstić information content (AvgIpc) is 2.62. The molecule has 0 radical (unpaired) electrons. The molecule has 0 saturated carbocycles. The van der Waals surface area contributed by atoms with Crippen molar-refractivity contribution in [1.29, 1.82) is 0 Å². The van der Waals surface area contributed by atoms with Gasteiger partial charge in [-0.15, -0.1) is 0 Å². The zero-order valence-electron chi connectivity index (χ0n) is 11.0. The first-order chi connectivity index (χ1) is 8.66. The van der Waals surface area contributed by atoms with Crippen LogP contribution in [-0.4, -0.2) is 14.6 Å². The van der Waals surface area contributed by atoms with Gasteiger partial charge in [0.05, 0.1) is 5.69 Å². The summed E-state index contributed by atoms with van der Waals surface area (Å²) in [5.74, 6) is 0.380. The Morgan fingerprint density at radius 2 is 2.06 bits per heavy atom. The molecule has 1 aliphatic rings. The fourth-order valence-electron chi connectivity index (χ4n) is 2.65. The summed E-state index contributed by atoms with van der Waals surface area (Å²) < 4.78 is 1.61. The van der Waals surface area contributed by atoms with Crippen molar-refractivity contribution in [3.05, 3.63) is 33.4 Å². The van der Waals surface area contributed by atoms with Crippen LogP contribution in [0.3, 0.4) is 0 Å². The first-order valence-corrected chi connectivity index (χ1v) is 6.80. The Hall–Kier alpha value is -1.58. The molecule has 18 heavy (non-hydrogen) atoms. The van der Waals surface area contributed by atoms with Gasteiger partial charge in [-0.2, -0.15) is 0 Å². The summed E-state index contributed by atoms with van der Waals surface area (Å²) in [6.07, 6.45) is 5.28. The second-order valence-electron chi connectivity index (χ2n) is 5.46. The molecule has 2 heterocycles. The van der Waals surface area contributed by atoms with Crippen molar-refractivity contribution in [3.63, 3.8) is 0 Å². The van der Waals surface area contributed by atoms with Gasteiger partial charge in [0.25, 0.3) is 5.56 Å². The van der Waals surface area contributed by atoms with Crippen LogP contribution in [0.1, 0.15) is 56.0 Å². The highest BCUT2D eigenvalue weighted by atomic mass is 16.1. The van der Waals surface area contributed by atoms with Crippen LogP contribution in [0.25, 0.3) is 5.65 Å². The van der Waals surface area contributed by atoms with Gasteiger partial charge in [-0.25, -0.2) is 9.50 Å². The van der Waals surface area contributed by atoms with E-state index in [9.17, 15) is 4.79 Å². The standard InChI is InChI=1S/C14H19N3O/c1-9(2)12-8-13-15-11-7-5-3-4-6-10(11)14(18)17(13)16-12/h8-9,16H,3-7H2,1-2H3. The van der Waals surface area contributed by atoms with Crippen molar-refractivity contribution in [2.75, 3.05) is 0 Å². The molecule has 0 aliphatic heterocycles. The highest BCUT2D eigenvalue weighted by molar-refractivity contribution is 5.42. The second-order valence-corrected chi connectivity index (χ2v) is 5.46. The molecule has 1 aliphatic carbocycles. The Bertz CT molecular complexity index is 636. The van der Waals surface area contributed by atoms with Crippen molar-refractivity contribution < 1.29 is 0 Å². The lowest BCUT2D eigenvalue weighted by Crippen LogP contribution is -2.22. The number of hydrogen-bond donors (Lipinski definition) is 1. The molecule has 0 spiro atoms. The van der Waals surface area contributed by atoms with Gasteiger partial charge in [-0.1, -0.05) is 20.3 Å². The zero-order chi connectivity index (χ0) is 12.7. The molecule has 2 aromatic heterocycles. The van der Waals surface area contributed by atoms with E-state index in [2.05, 4.69) is 23.9 Å². The highest BCUT2D eigenvalue weighted by Crippen LogP contribution is 2.18. The lowest BCUT2D eigenvalue weighted by atomic mass is 10.1. The largest absolute Gasteiger partial charge is 0.293 e. The molecule has 0 bridgehead atoms. The molecule has 4 nitrogen and oxygen atoms in total. The summed E-state index contributed by atoms with van der Waals surface area (Å²) in [5, 5.41) is 3.18. The van der Waals surface area contributed by atoms with Gasteiger partial charge in [0.1, 0.15) is 0 Å². The fourth-order valence-corrected chi connectivity index (χ4v) is 2.65. The van der Waals surface area contributed by atoms with Gasteiger partial charge in [-0.05, 0) is 31.6 Å². The number of hydrogen-bond acceptors (Lipinski definition) is 2. The Balaban J connectivity index is 2.24. The summed E-state index contributed by atoms with van der Waals surface area (Å²) in [6.45, 7) is 4.22. The lowest BCUT2D eigenvalue weighted by molar-refractivity contribution is 0.708. The van der Waals surface area contributed by atoms with Gasteiger partial charge >= 0.3 is 0 Å². The first kappa shape index (κ1) is 11.5. The van der Waals surface area contributed by atoms with Crippen LogP contribution in [0.15, 0.2) is 10.9 Å². The molecule has 96 valence electrons. The van der Waals surface area contributed by atoms with Gasteiger partial charge < -0.3 is 0 Å². The summed E-state index contributed by atoms with van der Waals surface area (Å²) in [6, 6.07) is 2.00. The highest BCUT2D eigenvalue weighted by Gasteiger charge is 2.17. The van der Waals surface area contributed by atoms with Crippen LogP contribution in [0, 0.1) is 0 Å². The molecule has 3 rings (SSSR count). The van der Waals surface area contributed by atoms with Crippen molar-refractivity contribution >= 4 is 5.65 Å². The maximum absolute atomic E-state index is 12.5. The summed E-state index contributed by atoms with van der Waals surface area (Å²) in [4.78, 5) is 17.1. The second kappa shape index (κ2) is 4.26. The molecule has 2 aromatic rings. The Kier molecular flexibility index (Phi) is 2.73. The Morgan fingerprint density at radius 3 is 2.83 bits per heavy atom. The number of aromatic amines is 1. The van der Waals surface area contributed by atoms with E-state index in [0.717, 1.165) is 48.3 Å². The lowest BCUT2D eigenvalue weighted by Gasteiger charge is -2.04. The zero-order valence-corrected chi connectivity index (χ0v) is 11.0. The van der Waals surface area contributed by atoms with E-state index in [1.807, 2.05) is 6.07 Å². The molecule has 0 aromatic carbocycles. The molecule has 1 N–H and O–H groups in total. The van der Waals surface area contributed by atoms with E-state index in [0.29, 0.717) is 5.92 Å². The third-order valence-corrected chi connectivity index (χ3v) is 3.78. The number of fused-ring (bicyclic) bond motifs is 2. The molecule has 0 fully saturated rings. The van der Waals surface area contributed by atoms with Crippen LogP contribution >= 0.6 is 0 Å². The van der Waals surface area contributed by atoms with Gasteiger partial charge in [0.2, 0.25) is 0 Å². The summed E-state index contributed by atoms with van der Waals surface area (Å²) in [5.41, 5.74) is 3.88. The van der Waals surface area contributed by atoms with E-state index >= 15 is 0 Å². The number of H-pyrrole nitrogens is 1. The molecule has 0 atom stereocenters. The monoisotopic (exact) mass is 245 g/mol. The van der Waals surface area contributed by atoms with Crippen LogP contribution in [0.2, 0.25) is 0 Å². The van der Waals surface area contributed by atoms with E-state index < -0.39 is 0 Å². The van der Waals surface area contributed by atoms with Gasteiger partial charge in [-0.3, -0.25) is 9.89 Å². The van der Waals surface area contributed by atoms with Crippen LogP contribution in [-0.2, 0) is 12.8 Å².